The van der Waals surface area contributed by atoms with Gasteiger partial charge in [0.1, 0.15) is 5.76 Å². The number of carbonyl (C=O) groups excluding carboxylic acids is 2. The molecule has 1 atom stereocenters. The average molecular weight is 324 g/mol. The minimum atomic E-state index is -0.804. The molecular weight excluding hydrogens is 300 g/mol. The smallest absolute Gasteiger partial charge is 0.330 e. The highest BCUT2D eigenvalue weighted by atomic mass is 16.5. The number of aliphatic hydroxyl groups is 1. The van der Waals surface area contributed by atoms with Crippen molar-refractivity contribution in [3.63, 3.8) is 0 Å². The zero-order valence-corrected chi connectivity index (χ0v) is 13.3. The third kappa shape index (κ3) is 8.63. The van der Waals surface area contributed by atoms with Crippen LogP contribution in [0.2, 0.25) is 0 Å². The fourth-order valence-electron chi connectivity index (χ4n) is 1.64. The summed E-state index contributed by atoms with van der Waals surface area (Å²) in [4.78, 5) is 22.3. The maximum Gasteiger partial charge on any atom is 0.330 e. The van der Waals surface area contributed by atoms with E-state index in [2.05, 4.69) is 26.3 Å². The third-order valence-electron chi connectivity index (χ3n) is 3.21. The maximum atomic E-state index is 11.3. The summed E-state index contributed by atoms with van der Waals surface area (Å²) in [7, 11) is 0. The number of allylic oxidation sites excluding steroid dienone is 1. The second kappa shape index (κ2) is 11.3. The molecule has 0 saturated carbocycles. The van der Waals surface area contributed by atoms with E-state index in [4.69, 9.17) is 14.2 Å². The number of carbonyl (C=O) groups is 2. The van der Waals surface area contributed by atoms with E-state index in [1.165, 1.54) is 6.08 Å². The summed E-state index contributed by atoms with van der Waals surface area (Å²) in [5, 5.41) is 9.73. The van der Waals surface area contributed by atoms with Gasteiger partial charge in [-0.2, -0.15) is 0 Å². The third-order valence-corrected chi connectivity index (χ3v) is 3.21. The molecular formula is C17H24O6. The Morgan fingerprint density at radius 3 is 1.91 bits per heavy atom. The molecule has 0 fully saturated rings. The molecule has 0 radical (unpaired) electrons. The van der Waals surface area contributed by atoms with Crippen LogP contribution in [0.1, 0.15) is 12.8 Å². The Bertz CT molecular complexity index is 426. The van der Waals surface area contributed by atoms with Crippen molar-refractivity contribution in [1.29, 1.82) is 0 Å². The van der Waals surface area contributed by atoms with Crippen LogP contribution < -0.4 is 0 Å². The molecule has 6 heteroatoms. The van der Waals surface area contributed by atoms with Crippen molar-refractivity contribution in [2.24, 2.45) is 5.41 Å². The Hall–Kier alpha value is -2.34. The first kappa shape index (κ1) is 20.7. The van der Waals surface area contributed by atoms with Crippen LogP contribution >= 0.6 is 0 Å². The molecule has 0 aromatic carbocycles. The largest absolute Gasteiger partial charge is 0.494 e. The molecule has 0 aliphatic heterocycles. The van der Waals surface area contributed by atoms with Crippen LogP contribution in [-0.2, 0) is 23.8 Å². The number of aliphatic hydroxyl groups excluding tert-OH is 1. The Balaban J connectivity index is 4.74. The van der Waals surface area contributed by atoms with Crippen molar-refractivity contribution in [2.75, 3.05) is 26.4 Å². The van der Waals surface area contributed by atoms with Crippen LogP contribution in [0.25, 0.3) is 0 Å². The minimum Gasteiger partial charge on any atom is -0.494 e. The van der Waals surface area contributed by atoms with Crippen LogP contribution in [0.15, 0.2) is 50.3 Å². The second-order valence-electron chi connectivity index (χ2n) is 4.86. The molecule has 0 bridgehead atoms. The van der Waals surface area contributed by atoms with E-state index in [0.717, 1.165) is 12.2 Å². The summed E-state index contributed by atoms with van der Waals surface area (Å²) in [5.74, 6) is -0.753. The van der Waals surface area contributed by atoms with Gasteiger partial charge in [-0.05, 0) is 18.9 Å². The molecule has 0 aromatic rings. The van der Waals surface area contributed by atoms with E-state index in [1.54, 1.807) is 0 Å². The number of esters is 2. The predicted molar refractivity (Wildman–Crippen MR) is 86.4 cm³/mol. The Morgan fingerprint density at radius 1 is 0.913 bits per heavy atom. The highest BCUT2D eigenvalue weighted by molar-refractivity contribution is 5.81. The van der Waals surface area contributed by atoms with Gasteiger partial charge in [-0.25, -0.2) is 9.59 Å². The fraction of sp³-hybridized carbons (Fsp3) is 0.412. The van der Waals surface area contributed by atoms with Gasteiger partial charge in [-0.3, -0.25) is 0 Å². The summed E-state index contributed by atoms with van der Waals surface area (Å²) in [6, 6.07) is 0. The van der Waals surface area contributed by atoms with Gasteiger partial charge in [0.25, 0.3) is 0 Å². The monoisotopic (exact) mass is 324 g/mol. The zero-order valence-electron chi connectivity index (χ0n) is 13.3. The quantitative estimate of drug-likeness (QED) is 0.241. The van der Waals surface area contributed by atoms with E-state index in [-0.39, 0.29) is 32.8 Å². The summed E-state index contributed by atoms with van der Waals surface area (Å²) < 4.78 is 15.3. The lowest BCUT2D eigenvalue weighted by atomic mass is 9.83. The first-order chi connectivity index (χ1) is 10.9. The lowest BCUT2D eigenvalue weighted by Crippen LogP contribution is -2.35. The molecule has 0 saturated heterocycles. The SMILES string of the molecule is C=CC(=C)OCCC(CO)(CCOC(=O)C=C)COC(=O)C=C. The van der Waals surface area contributed by atoms with Gasteiger partial charge >= 0.3 is 11.9 Å². The number of hydrogen-bond acceptors (Lipinski definition) is 6. The van der Waals surface area contributed by atoms with Gasteiger partial charge in [0.2, 0.25) is 0 Å². The Kier molecular flexibility index (Phi) is 10.1. The molecule has 23 heavy (non-hydrogen) atoms. The normalized spacial score (nSPS) is 12.4. The molecule has 6 nitrogen and oxygen atoms in total. The molecule has 0 rings (SSSR count). The Morgan fingerprint density at radius 2 is 1.43 bits per heavy atom. The van der Waals surface area contributed by atoms with Gasteiger partial charge in [-0.1, -0.05) is 26.3 Å². The van der Waals surface area contributed by atoms with Crippen LogP contribution in [0.3, 0.4) is 0 Å². The molecule has 1 N–H and O–H groups in total. The van der Waals surface area contributed by atoms with Crippen molar-refractivity contribution in [3.05, 3.63) is 50.3 Å². The molecule has 1 unspecified atom stereocenters. The summed E-state index contributed by atoms with van der Waals surface area (Å²) in [6.45, 7) is 13.7. The first-order valence-corrected chi connectivity index (χ1v) is 7.06. The molecule has 0 heterocycles. The van der Waals surface area contributed by atoms with Gasteiger partial charge < -0.3 is 19.3 Å². The number of ether oxygens (including phenoxy) is 3. The van der Waals surface area contributed by atoms with Crippen molar-refractivity contribution in [2.45, 2.75) is 12.8 Å². The van der Waals surface area contributed by atoms with Crippen molar-refractivity contribution >= 4 is 11.9 Å². The van der Waals surface area contributed by atoms with Gasteiger partial charge in [0.15, 0.2) is 0 Å². The molecule has 0 spiro atoms. The maximum absolute atomic E-state index is 11.3. The van der Waals surface area contributed by atoms with Gasteiger partial charge in [0.05, 0.1) is 26.4 Å². The van der Waals surface area contributed by atoms with E-state index in [1.807, 2.05) is 0 Å². The number of hydrogen-bond donors (Lipinski definition) is 1. The van der Waals surface area contributed by atoms with E-state index < -0.39 is 17.4 Å². The van der Waals surface area contributed by atoms with Gasteiger partial charge in [-0.15, -0.1) is 0 Å². The lowest BCUT2D eigenvalue weighted by molar-refractivity contribution is -0.146. The molecule has 0 aliphatic rings. The van der Waals surface area contributed by atoms with E-state index >= 15 is 0 Å². The zero-order chi connectivity index (χ0) is 17.7. The standard InChI is InChI=1S/C17H24O6/c1-5-14(4)21-10-8-17(12-18,13-23-16(20)7-3)9-11-22-15(19)6-2/h5-7,18H,1-4,8-13H2. The topological polar surface area (TPSA) is 82.1 Å². The molecule has 0 amide bonds. The Labute approximate surface area is 136 Å². The highest BCUT2D eigenvalue weighted by Crippen LogP contribution is 2.27. The van der Waals surface area contributed by atoms with E-state index in [0.29, 0.717) is 12.2 Å². The first-order valence-electron chi connectivity index (χ1n) is 7.06. The lowest BCUT2D eigenvalue weighted by Gasteiger charge is -2.31. The van der Waals surface area contributed by atoms with Crippen LogP contribution in [0, 0.1) is 5.41 Å². The molecule has 0 aromatic heterocycles. The summed E-state index contributed by atoms with van der Waals surface area (Å²) >= 11 is 0. The molecule has 128 valence electrons. The van der Waals surface area contributed by atoms with Crippen LogP contribution in [0.5, 0.6) is 0 Å². The summed E-state index contributed by atoms with van der Waals surface area (Å²) in [5.41, 5.74) is -0.804. The fourth-order valence-corrected chi connectivity index (χ4v) is 1.64. The van der Waals surface area contributed by atoms with Crippen molar-refractivity contribution < 1.29 is 28.9 Å². The second-order valence-corrected chi connectivity index (χ2v) is 4.86. The minimum absolute atomic E-state index is 0.0517. The summed E-state index contributed by atoms with van der Waals surface area (Å²) in [6.07, 6.45) is 4.21. The van der Waals surface area contributed by atoms with Crippen molar-refractivity contribution in [1.82, 2.24) is 0 Å². The van der Waals surface area contributed by atoms with Crippen LogP contribution in [-0.4, -0.2) is 43.5 Å². The number of rotatable bonds is 13. The van der Waals surface area contributed by atoms with Crippen LogP contribution in [0.4, 0.5) is 0 Å². The predicted octanol–water partition coefficient (Wildman–Crippen LogP) is 1.92. The highest BCUT2D eigenvalue weighted by Gasteiger charge is 2.31. The van der Waals surface area contributed by atoms with Gasteiger partial charge in [0, 0.05) is 17.6 Å². The average Bonchev–Trinajstić information content (AvgIpc) is 2.58. The van der Waals surface area contributed by atoms with Crippen molar-refractivity contribution in [3.8, 4) is 0 Å². The van der Waals surface area contributed by atoms with E-state index in [9.17, 15) is 14.7 Å². The molecule has 0 aliphatic carbocycles.